The summed E-state index contributed by atoms with van der Waals surface area (Å²) in [6.45, 7) is 4.65. The zero-order valence-electron chi connectivity index (χ0n) is 13.2. The Bertz CT molecular complexity index is 703. The Morgan fingerprint density at radius 1 is 1.43 bits per heavy atom. The number of hydrogen-bond acceptors (Lipinski definition) is 5. The van der Waals surface area contributed by atoms with Crippen LogP contribution in [0.25, 0.3) is 0 Å². The highest BCUT2D eigenvalue weighted by atomic mass is 16.1. The molecule has 3 rings (SSSR count). The smallest absolute Gasteiger partial charge is 0.252 e. The Kier molecular flexibility index (Phi) is 4.41. The van der Waals surface area contributed by atoms with Crippen LogP contribution in [0.5, 0.6) is 0 Å². The molecular formula is C17H21N5O. The van der Waals surface area contributed by atoms with Crippen LogP contribution in [-0.2, 0) is 0 Å². The van der Waals surface area contributed by atoms with Gasteiger partial charge in [-0.2, -0.15) is 0 Å². The fourth-order valence-electron chi connectivity index (χ4n) is 2.96. The maximum Gasteiger partial charge on any atom is 0.252 e. The number of nitrogens with two attached hydrogens (primary N) is 1. The standard InChI is InChI=1S/C17H21N5O/c1-12-3-2-4-16(21-12)20-9-13-6-8-22(11-13)15-5-7-19-10-14(15)17(18)23/h2-5,7,10,13H,6,8-9,11H2,1H3,(H2,18,23)(H,20,21). The van der Waals surface area contributed by atoms with E-state index in [2.05, 4.69) is 20.2 Å². The van der Waals surface area contributed by atoms with Crippen LogP contribution in [0.1, 0.15) is 22.5 Å². The van der Waals surface area contributed by atoms with Gasteiger partial charge in [0, 0.05) is 37.7 Å². The van der Waals surface area contributed by atoms with E-state index < -0.39 is 5.91 Å². The summed E-state index contributed by atoms with van der Waals surface area (Å²) in [7, 11) is 0. The summed E-state index contributed by atoms with van der Waals surface area (Å²) < 4.78 is 0. The van der Waals surface area contributed by atoms with Crippen molar-refractivity contribution in [1.82, 2.24) is 9.97 Å². The predicted molar refractivity (Wildman–Crippen MR) is 90.5 cm³/mol. The average Bonchev–Trinajstić information content (AvgIpc) is 3.02. The maximum atomic E-state index is 11.5. The Hall–Kier alpha value is -2.63. The second-order valence-corrected chi connectivity index (χ2v) is 5.90. The molecule has 120 valence electrons. The van der Waals surface area contributed by atoms with Crippen LogP contribution in [-0.4, -0.2) is 35.5 Å². The molecule has 0 bridgehead atoms. The molecular weight excluding hydrogens is 290 g/mol. The molecule has 1 aliphatic rings. The van der Waals surface area contributed by atoms with E-state index in [4.69, 9.17) is 5.73 Å². The van der Waals surface area contributed by atoms with Crippen molar-refractivity contribution in [3.05, 3.63) is 47.9 Å². The molecule has 2 aromatic heterocycles. The van der Waals surface area contributed by atoms with Crippen molar-refractivity contribution in [2.75, 3.05) is 29.9 Å². The van der Waals surface area contributed by atoms with E-state index in [-0.39, 0.29) is 0 Å². The van der Waals surface area contributed by atoms with Gasteiger partial charge in [-0.05, 0) is 37.5 Å². The van der Waals surface area contributed by atoms with Gasteiger partial charge >= 0.3 is 0 Å². The third-order valence-electron chi connectivity index (χ3n) is 4.15. The number of nitrogens with one attached hydrogen (secondary N) is 1. The molecule has 0 radical (unpaired) electrons. The first-order chi connectivity index (χ1) is 11.1. The zero-order valence-corrected chi connectivity index (χ0v) is 13.2. The number of anilines is 2. The van der Waals surface area contributed by atoms with Crippen LogP contribution in [0.2, 0.25) is 0 Å². The molecule has 6 heteroatoms. The minimum atomic E-state index is -0.432. The molecule has 1 atom stereocenters. The van der Waals surface area contributed by atoms with E-state index in [0.717, 1.165) is 43.3 Å². The molecule has 23 heavy (non-hydrogen) atoms. The van der Waals surface area contributed by atoms with Gasteiger partial charge in [0.15, 0.2) is 0 Å². The highest BCUT2D eigenvalue weighted by Crippen LogP contribution is 2.26. The number of carbonyl (C=O) groups is 1. The molecule has 0 aliphatic carbocycles. The third-order valence-corrected chi connectivity index (χ3v) is 4.15. The van der Waals surface area contributed by atoms with Gasteiger partial charge in [0.2, 0.25) is 0 Å². The van der Waals surface area contributed by atoms with Crippen LogP contribution >= 0.6 is 0 Å². The number of rotatable bonds is 5. The summed E-state index contributed by atoms with van der Waals surface area (Å²) in [4.78, 5) is 22.2. The normalized spacial score (nSPS) is 17.3. The second-order valence-electron chi connectivity index (χ2n) is 5.90. The summed E-state index contributed by atoms with van der Waals surface area (Å²) in [5.74, 6) is 0.982. The predicted octanol–water partition coefficient (Wildman–Crippen LogP) is 1.82. The number of amides is 1. The molecule has 1 amide bonds. The first kappa shape index (κ1) is 15.3. The first-order valence-electron chi connectivity index (χ1n) is 7.80. The third kappa shape index (κ3) is 3.59. The zero-order chi connectivity index (χ0) is 16.2. The minimum Gasteiger partial charge on any atom is -0.370 e. The van der Waals surface area contributed by atoms with Gasteiger partial charge in [0.1, 0.15) is 5.82 Å². The molecule has 1 aliphatic heterocycles. The van der Waals surface area contributed by atoms with Crippen molar-refractivity contribution in [2.24, 2.45) is 11.7 Å². The van der Waals surface area contributed by atoms with E-state index in [9.17, 15) is 4.79 Å². The first-order valence-corrected chi connectivity index (χ1v) is 7.80. The van der Waals surface area contributed by atoms with Gasteiger partial charge in [0.05, 0.1) is 11.3 Å². The van der Waals surface area contributed by atoms with Gasteiger partial charge in [0.25, 0.3) is 5.91 Å². The highest BCUT2D eigenvalue weighted by Gasteiger charge is 2.25. The van der Waals surface area contributed by atoms with Crippen LogP contribution in [0, 0.1) is 12.8 Å². The summed E-state index contributed by atoms with van der Waals surface area (Å²) in [5, 5.41) is 3.40. The molecule has 2 aromatic rings. The number of carbonyl (C=O) groups excluding carboxylic acids is 1. The maximum absolute atomic E-state index is 11.5. The van der Waals surface area contributed by atoms with Gasteiger partial charge in [-0.15, -0.1) is 0 Å². The lowest BCUT2D eigenvalue weighted by Crippen LogP contribution is -2.25. The van der Waals surface area contributed by atoms with Crippen molar-refractivity contribution in [3.8, 4) is 0 Å². The highest BCUT2D eigenvalue weighted by molar-refractivity contribution is 5.98. The lowest BCUT2D eigenvalue weighted by atomic mass is 10.1. The summed E-state index contributed by atoms with van der Waals surface area (Å²) in [6.07, 6.45) is 4.31. The second kappa shape index (κ2) is 6.64. The lowest BCUT2D eigenvalue weighted by Gasteiger charge is -2.21. The Morgan fingerprint density at radius 3 is 3.09 bits per heavy atom. The molecule has 0 aromatic carbocycles. The topological polar surface area (TPSA) is 84.1 Å². The van der Waals surface area contributed by atoms with Crippen molar-refractivity contribution < 1.29 is 4.79 Å². The van der Waals surface area contributed by atoms with E-state index in [0.29, 0.717) is 11.5 Å². The van der Waals surface area contributed by atoms with Crippen molar-refractivity contribution in [3.63, 3.8) is 0 Å². The summed E-state index contributed by atoms with van der Waals surface area (Å²) >= 11 is 0. The van der Waals surface area contributed by atoms with Crippen LogP contribution in [0.3, 0.4) is 0 Å². The largest absolute Gasteiger partial charge is 0.370 e. The van der Waals surface area contributed by atoms with E-state index in [1.54, 1.807) is 12.4 Å². The monoisotopic (exact) mass is 311 g/mol. The average molecular weight is 311 g/mol. The van der Waals surface area contributed by atoms with Crippen LogP contribution < -0.4 is 16.0 Å². The SMILES string of the molecule is Cc1cccc(NCC2CCN(c3ccncc3C(N)=O)C2)n1. The molecule has 1 saturated heterocycles. The van der Waals surface area contributed by atoms with E-state index >= 15 is 0 Å². The van der Waals surface area contributed by atoms with Gasteiger partial charge in [-0.1, -0.05) is 6.07 Å². The Balaban J connectivity index is 1.62. The molecule has 0 spiro atoms. The molecule has 1 fully saturated rings. The fourth-order valence-corrected chi connectivity index (χ4v) is 2.96. The van der Waals surface area contributed by atoms with Gasteiger partial charge in [-0.25, -0.2) is 4.98 Å². The number of nitrogens with zero attached hydrogens (tertiary/aromatic N) is 3. The van der Waals surface area contributed by atoms with Gasteiger partial charge in [-0.3, -0.25) is 9.78 Å². The fraction of sp³-hybridized carbons (Fsp3) is 0.353. The molecule has 6 nitrogen and oxygen atoms in total. The molecule has 3 N–H and O–H groups in total. The molecule has 1 unspecified atom stereocenters. The number of hydrogen-bond donors (Lipinski definition) is 2. The van der Waals surface area contributed by atoms with Crippen LogP contribution in [0.4, 0.5) is 11.5 Å². The van der Waals surface area contributed by atoms with Crippen molar-refractivity contribution in [2.45, 2.75) is 13.3 Å². The summed E-state index contributed by atoms with van der Waals surface area (Å²) in [6, 6.07) is 7.82. The minimum absolute atomic E-state index is 0.432. The molecule has 0 saturated carbocycles. The number of pyridine rings is 2. The number of aromatic nitrogens is 2. The molecule has 3 heterocycles. The van der Waals surface area contributed by atoms with E-state index in [1.165, 1.54) is 0 Å². The van der Waals surface area contributed by atoms with Crippen molar-refractivity contribution in [1.29, 1.82) is 0 Å². The van der Waals surface area contributed by atoms with Gasteiger partial charge < -0.3 is 16.0 Å². The number of aryl methyl sites for hydroxylation is 1. The Morgan fingerprint density at radius 2 is 2.30 bits per heavy atom. The lowest BCUT2D eigenvalue weighted by molar-refractivity contribution is 0.100. The number of primary amides is 1. The quantitative estimate of drug-likeness (QED) is 0.880. The van der Waals surface area contributed by atoms with Crippen LogP contribution in [0.15, 0.2) is 36.7 Å². The van der Waals surface area contributed by atoms with E-state index in [1.807, 2.05) is 31.2 Å². The van der Waals surface area contributed by atoms with Crippen molar-refractivity contribution >= 4 is 17.4 Å². The summed E-state index contributed by atoms with van der Waals surface area (Å²) in [5.41, 5.74) is 7.81. The Labute approximate surface area is 135 Å².